The van der Waals surface area contributed by atoms with Crippen LogP contribution in [0.3, 0.4) is 0 Å². The van der Waals surface area contributed by atoms with Crippen molar-refractivity contribution in [3.05, 3.63) is 30.1 Å². The van der Waals surface area contributed by atoms with Crippen LogP contribution in [0.25, 0.3) is 11.1 Å². The molecule has 1 aromatic carbocycles. The van der Waals surface area contributed by atoms with E-state index < -0.39 is 0 Å². The summed E-state index contributed by atoms with van der Waals surface area (Å²) in [6, 6.07) is 4.27. The van der Waals surface area contributed by atoms with Crippen molar-refractivity contribution in [2.45, 2.75) is 50.9 Å². The molecule has 0 amide bonds. The summed E-state index contributed by atoms with van der Waals surface area (Å²) < 4.78 is 7.39. The van der Waals surface area contributed by atoms with Crippen LogP contribution in [0.15, 0.2) is 24.5 Å². The Morgan fingerprint density at radius 1 is 1.12 bits per heavy atom. The lowest BCUT2D eigenvalue weighted by Crippen LogP contribution is -2.27. The number of methoxy groups -OCH3 is 1. The Bertz CT molecular complexity index is 752. The monoisotopic (exact) mass is 339 g/mol. The second kappa shape index (κ2) is 6.74. The number of aromatic nitrogens is 2. The van der Waals surface area contributed by atoms with Crippen molar-refractivity contribution in [1.29, 1.82) is 0 Å². The highest BCUT2D eigenvalue weighted by Gasteiger charge is 2.34. The largest absolute Gasteiger partial charge is 0.495 e. The highest BCUT2D eigenvalue weighted by Crippen LogP contribution is 2.48. The van der Waals surface area contributed by atoms with Crippen LogP contribution in [-0.4, -0.2) is 16.9 Å². The van der Waals surface area contributed by atoms with Crippen molar-refractivity contribution in [2.24, 2.45) is 18.9 Å². The van der Waals surface area contributed by atoms with E-state index in [-0.39, 0.29) is 0 Å². The minimum absolute atomic E-state index is 0.601. The summed E-state index contributed by atoms with van der Waals surface area (Å²) in [6.45, 7) is 0. The molecule has 4 rings (SSSR count). The molecule has 2 aromatic rings. The maximum atomic E-state index is 6.23. The van der Waals surface area contributed by atoms with Gasteiger partial charge in [0, 0.05) is 18.8 Å². The van der Waals surface area contributed by atoms with Crippen LogP contribution in [0.4, 0.5) is 5.69 Å². The Labute approximate surface area is 150 Å². The van der Waals surface area contributed by atoms with Gasteiger partial charge in [-0.25, -0.2) is 0 Å². The first-order valence-corrected chi connectivity index (χ1v) is 9.62. The predicted molar refractivity (Wildman–Crippen MR) is 102 cm³/mol. The summed E-state index contributed by atoms with van der Waals surface area (Å²) in [6.07, 6.45) is 13.7. The van der Waals surface area contributed by atoms with Gasteiger partial charge in [-0.15, -0.1) is 0 Å². The SMILES string of the molecule is COc1cc(C2CCC3CCCCC3C2)c(-c2cnn(C)c2)cc1N. The van der Waals surface area contributed by atoms with Crippen LogP contribution in [0.2, 0.25) is 0 Å². The van der Waals surface area contributed by atoms with E-state index in [2.05, 4.69) is 23.4 Å². The molecule has 0 bridgehead atoms. The third kappa shape index (κ3) is 3.14. The number of fused-ring (bicyclic) bond motifs is 1. The van der Waals surface area contributed by atoms with Gasteiger partial charge < -0.3 is 10.5 Å². The molecule has 2 N–H and O–H groups in total. The molecule has 2 aliphatic carbocycles. The highest BCUT2D eigenvalue weighted by atomic mass is 16.5. The zero-order chi connectivity index (χ0) is 17.4. The third-order valence-electron chi connectivity index (χ3n) is 6.40. The molecule has 3 atom stereocenters. The van der Waals surface area contributed by atoms with Crippen molar-refractivity contribution in [3.8, 4) is 16.9 Å². The van der Waals surface area contributed by atoms with E-state index in [1.807, 2.05) is 17.9 Å². The van der Waals surface area contributed by atoms with Gasteiger partial charge in [-0.2, -0.15) is 5.10 Å². The third-order valence-corrected chi connectivity index (χ3v) is 6.40. The molecule has 25 heavy (non-hydrogen) atoms. The van der Waals surface area contributed by atoms with E-state index >= 15 is 0 Å². The maximum Gasteiger partial charge on any atom is 0.142 e. The minimum Gasteiger partial charge on any atom is -0.495 e. The zero-order valence-corrected chi connectivity index (χ0v) is 15.4. The molecule has 0 aliphatic heterocycles. The van der Waals surface area contributed by atoms with Gasteiger partial charge >= 0.3 is 0 Å². The second-order valence-corrected chi connectivity index (χ2v) is 7.90. The Morgan fingerprint density at radius 2 is 1.92 bits per heavy atom. The first kappa shape index (κ1) is 16.5. The van der Waals surface area contributed by atoms with Gasteiger partial charge in [0.05, 0.1) is 19.0 Å². The van der Waals surface area contributed by atoms with Gasteiger partial charge in [0.15, 0.2) is 0 Å². The van der Waals surface area contributed by atoms with Gasteiger partial charge in [-0.05, 0) is 60.3 Å². The lowest BCUT2D eigenvalue weighted by Gasteiger charge is -2.40. The van der Waals surface area contributed by atoms with Crippen molar-refractivity contribution in [2.75, 3.05) is 12.8 Å². The number of nitrogen functional groups attached to an aromatic ring is 1. The number of rotatable bonds is 3. The lowest BCUT2D eigenvalue weighted by atomic mass is 9.65. The molecular formula is C21H29N3O. The number of anilines is 1. The Kier molecular flexibility index (Phi) is 4.45. The van der Waals surface area contributed by atoms with E-state index in [4.69, 9.17) is 10.5 Å². The molecule has 1 aromatic heterocycles. The quantitative estimate of drug-likeness (QED) is 0.821. The first-order chi connectivity index (χ1) is 12.2. The van der Waals surface area contributed by atoms with Crippen LogP contribution >= 0.6 is 0 Å². The molecule has 4 heteroatoms. The molecule has 0 spiro atoms. The van der Waals surface area contributed by atoms with E-state index in [9.17, 15) is 0 Å². The van der Waals surface area contributed by atoms with Crippen LogP contribution < -0.4 is 10.5 Å². The molecule has 2 fully saturated rings. The first-order valence-electron chi connectivity index (χ1n) is 9.62. The summed E-state index contributed by atoms with van der Waals surface area (Å²) in [5.74, 6) is 3.26. The fourth-order valence-corrected chi connectivity index (χ4v) is 5.09. The number of nitrogens with two attached hydrogens (primary N) is 1. The summed E-state index contributed by atoms with van der Waals surface area (Å²) in [7, 11) is 3.67. The van der Waals surface area contributed by atoms with Crippen molar-refractivity contribution in [3.63, 3.8) is 0 Å². The average Bonchev–Trinajstić information content (AvgIpc) is 3.07. The van der Waals surface area contributed by atoms with Crippen LogP contribution in [0, 0.1) is 11.8 Å². The van der Waals surface area contributed by atoms with Gasteiger partial charge in [0.2, 0.25) is 0 Å². The zero-order valence-electron chi connectivity index (χ0n) is 15.4. The average molecular weight is 339 g/mol. The Hall–Kier alpha value is -1.97. The van der Waals surface area contributed by atoms with E-state index in [0.29, 0.717) is 11.6 Å². The number of benzene rings is 1. The fraction of sp³-hybridized carbons (Fsp3) is 0.571. The predicted octanol–water partition coefficient (Wildman–Crippen LogP) is 4.75. The second-order valence-electron chi connectivity index (χ2n) is 7.90. The van der Waals surface area contributed by atoms with Gasteiger partial charge in [0.1, 0.15) is 5.75 Å². The van der Waals surface area contributed by atoms with Crippen molar-refractivity contribution < 1.29 is 4.74 Å². The minimum atomic E-state index is 0.601. The molecule has 0 saturated heterocycles. The van der Waals surface area contributed by atoms with Crippen molar-refractivity contribution in [1.82, 2.24) is 9.78 Å². The van der Waals surface area contributed by atoms with E-state index in [0.717, 1.165) is 23.1 Å². The molecule has 2 aliphatic rings. The van der Waals surface area contributed by atoms with E-state index in [1.165, 1.54) is 56.1 Å². The van der Waals surface area contributed by atoms with Crippen molar-refractivity contribution >= 4 is 5.69 Å². The molecule has 1 heterocycles. The van der Waals surface area contributed by atoms with Crippen LogP contribution in [-0.2, 0) is 7.05 Å². The summed E-state index contributed by atoms with van der Waals surface area (Å²) in [5, 5.41) is 4.36. The topological polar surface area (TPSA) is 53.1 Å². The Morgan fingerprint density at radius 3 is 2.64 bits per heavy atom. The molecule has 4 nitrogen and oxygen atoms in total. The molecule has 2 saturated carbocycles. The number of nitrogens with zero attached hydrogens (tertiary/aromatic N) is 2. The normalized spacial score (nSPS) is 26.2. The number of aryl methyl sites for hydroxylation is 1. The fourth-order valence-electron chi connectivity index (χ4n) is 5.09. The summed E-state index contributed by atoms with van der Waals surface area (Å²) in [4.78, 5) is 0. The number of hydrogen-bond donors (Lipinski definition) is 1. The molecule has 0 radical (unpaired) electrons. The standard InChI is InChI=1S/C21H29N3O/c1-24-13-17(12-23-24)18-10-20(22)21(25-2)11-19(18)16-8-7-14-5-3-4-6-15(14)9-16/h10-16H,3-9,22H2,1-2H3. The highest BCUT2D eigenvalue weighted by molar-refractivity contribution is 5.74. The number of hydrogen-bond acceptors (Lipinski definition) is 3. The van der Waals surface area contributed by atoms with Gasteiger partial charge in [-0.1, -0.05) is 25.7 Å². The molecular weight excluding hydrogens is 310 g/mol. The Balaban J connectivity index is 1.72. The molecule has 3 unspecified atom stereocenters. The van der Waals surface area contributed by atoms with E-state index in [1.54, 1.807) is 7.11 Å². The molecule has 134 valence electrons. The van der Waals surface area contributed by atoms with Crippen LogP contribution in [0.1, 0.15) is 56.4 Å². The smallest absolute Gasteiger partial charge is 0.142 e. The van der Waals surface area contributed by atoms with Gasteiger partial charge in [-0.3, -0.25) is 4.68 Å². The summed E-state index contributed by atoms with van der Waals surface area (Å²) >= 11 is 0. The van der Waals surface area contributed by atoms with Gasteiger partial charge in [0.25, 0.3) is 0 Å². The lowest BCUT2D eigenvalue weighted by molar-refractivity contribution is 0.155. The maximum absolute atomic E-state index is 6.23. The number of ether oxygens (including phenoxy) is 1. The summed E-state index contributed by atoms with van der Waals surface area (Å²) in [5.41, 5.74) is 10.7. The van der Waals surface area contributed by atoms with Crippen LogP contribution in [0.5, 0.6) is 5.75 Å².